The summed E-state index contributed by atoms with van der Waals surface area (Å²) in [5.41, 5.74) is 3.15. The predicted octanol–water partition coefficient (Wildman–Crippen LogP) is 4.36. The Balaban J connectivity index is 1.92. The van der Waals surface area contributed by atoms with Crippen LogP contribution in [0.2, 0.25) is 0 Å². The maximum Gasteiger partial charge on any atom is 0.224 e. The van der Waals surface area contributed by atoms with Gasteiger partial charge in [0.2, 0.25) is 5.91 Å². The van der Waals surface area contributed by atoms with E-state index < -0.39 is 0 Å². The van der Waals surface area contributed by atoms with E-state index in [4.69, 9.17) is 4.74 Å². The highest BCUT2D eigenvalue weighted by Gasteiger charge is 2.07. The summed E-state index contributed by atoms with van der Waals surface area (Å²) in [6, 6.07) is 15.8. The van der Waals surface area contributed by atoms with Crippen LogP contribution in [0.1, 0.15) is 30.9 Å². The second-order valence-corrected chi connectivity index (χ2v) is 5.38. The van der Waals surface area contributed by atoms with E-state index in [9.17, 15) is 4.79 Å². The highest BCUT2D eigenvalue weighted by Crippen LogP contribution is 2.24. The number of ether oxygens (including phenoxy) is 1. The molecule has 0 bridgehead atoms. The van der Waals surface area contributed by atoms with Crippen molar-refractivity contribution in [2.75, 3.05) is 11.9 Å². The molecule has 0 atom stereocenters. The van der Waals surface area contributed by atoms with Crippen molar-refractivity contribution >= 4 is 11.6 Å². The van der Waals surface area contributed by atoms with Crippen molar-refractivity contribution in [1.29, 1.82) is 0 Å². The Morgan fingerprint density at radius 2 is 1.95 bits per heavy atom. The van der Waals surface area contributed by atoms with Gasteiger partial charge in [-0.3, -0.25) is 4.79 Å². The Kier molecular flexibility index (Phi) is 6.01. The number of para-hydroxylation sites is 2. The molecule has 0 aliphatic heterocycles. The van der Waals surface area contributed by atoms with Gasteiger partial charge in [-0.2, -0.15) is 0 Å². The molecule has 0 aromatic heterocycles. The molecule has 0 fully saturated rings. The first-order chi connectivity index (χ1) is 10.7. The number of aryl methyl sites for hydroxylation is 2. The van der Waals surface area contributed by atoms with Crippen molar-refractivity contribution in [3.63, 3.8) is 0 Å². The van der Waals surface area contributed by atoms with Crippen LogP contribution >= 0.6 is 0 Å². The number of nitrogens with one attached hydrogen (secondary N) is 1. The molecular formula is C19H23NO2. The fourth-order valence-corrected chi connectivity index (χ4v) is 2.25. The van der Waals surface area contributed by atoms with Gasteiger partial charge >= 0.3 is 0 Å². The van der Waals surface area contributed by atoms with Gasteiger partial charge in [-0.15, -0.1) is 0 Å². The highest BCUT2D eigenvalue weighted by atomic mass is 16.5. The smallest absolute Gasteiger partial charge is 0.224 e. The fraction of sp³-hybridized carbons (Fsp3) is 0.316. The fourth-order valence-electron chi connectivity index (χ4n) is 2.25. The van der Waals surface area contributed by atoms with E-state index in [-0.39, 0.29) is 5.91 Å². The lowest BCUT2D eigenvalue weighted by Gasteiger charge is -2.12. The second kappa shape index (κ2) is 8.23. The molecule has 0 heterocycles. The number of hydrogen-bond donors (Lipinski definition) is 1. The summed E-state index contributed by atoms with van der Waals surface area (Å²) in [7, 11) is 0. The van der Waals surface area contributed by atoms with Gasteiger partial charge in [-0.1, -0.05) is 48.9 Å². The molecule has 2 rings (SSSR count). The molecule has 2 aromatic rings. The van der Waals surface area contributed by atoms with Crippen molar-refractivity contribution in [3.8, 4) is 5.75 Å². The summed E-state index contributed by atoms with van der Waals surface area (Å²) < 4.78 is 5.65. The number of anilines is 1. The number of benzene rings is 2. The topological polar surface area (TPSA) is 38.3 Å². The lowest BCUT2D eigenvalue weighted by atomic mass is 10.1. The Labute approximate surface area is 132 Å². The summed E-state index contributed by atoms with van der Waals surface area (Å²) >= 11 is 0. The van der Waals surface area contributed by atoms with Gasteiger partial charge in [0.05, 0.1) is 12.3 Å². The average molecular weight is 297 g/mol. The minimum absolute atomic E-state index is 0.00838. The summed E-state index contributed by atoms with van der Waals surface area (Å²) in [6.07, 6.45) is 2.15. The summed E-state index contributed by atoms with van der Waals surface area (Å²) in [6.45, 7) is 4.77. The van der Waals surface area contributed by atoms with Crippen LogP contribution in [0.4, 0.5) is 5.69 Å². The predicted molar refractivity (Wildman–Crippen MR) is 90.4 cm³/mol. The van der Waals surface area contributed by atoms with Gasteiger partial charge < -0.3 is 10.1 Å². The lowest BCUT2D eigenvalue weighted by molar-refractivity contribution is -0.116. The van der Waals surface area contributed by atoms with Crippen LogP contribution in [0.5, 0.6) is 5.75 Å². The van der Waals surface area contributed by atoms with Crippen molar-refractivity contribution in [1.82, 2.24) is 0 Å². The third kappa shape index (κ3) is 4.92. The standard InChI is InChI=1S/C19H23NO2/c1-3-13-22-18-10-5-4-9-17(18)20-19(21)12-11-16-8-6-7-15(2)14-16/h4-10,14H,3,11-13H2,1-2H3,(H,20,21). The van der Waals surface area contributed by atoms with E-state index in [0.717, 1.165) is 24.3 Å². The molecule has 22 heavy (non-hydrogen) atoms. The molecule has 3 nitrogen and oxygen atoms in total. The molecule has 0 saturated carbocycles. The maximum atomic E-state index is 12.1. The molecule has 0 saturated heterocycles. The molecule has 1 N–H and O–H groups in total. The van der Waals surface area contributed by atoms with E-state index >= 15 is 0 Å². The van der Waals surface area contributed by atoms with Gasteiger partial charge in [-0.05, 0) is 37.5 Å². The Morgan fingerprint density at radius 3 is 2.73 bits per heavy atom. The summed E-state index contributed by atoms with van der Waals surface area (Å²) in [5, 5.41) is 2.94. The number of amides is 1. The van der Waals surface area contributed by atoms with Crippen LogP contribution in [0.25, 0.3) is 0 Å². The molecule has 3 heteroatoms. The molecule has 0 aliphatic rings. The van der Waals surface area contributed by atoms with Gasteiger partial charge in [0.25, 0.3) is 0 Å². The van der Waals surface area contributed by atoms with E-state index in [1.54, 1.807) is 0 Å². The zero-order valence-electron chi connectivity index (χ0n) is 13.3. The van der Waals surface area contributed by atoms with Gasteiger partial charge in [0, 0.05) is 6.42 Å². The summed E-state index contributed by atoms with van der Waals surface area (Å²) in [4.78, 5) is 12.1. The van der Waals surface area contributed by atoms with E-state index in [1.807, 2.05) is 30.3 Å². The van der Waals surface area contributed by atoms with E-state index in [2.05, 4.69) is 37.4 Å². The third-order valence-electron chi connectivity index (χ3n) is 3.35. The van der Waals surface area contributed by atoms with Gasteiger partial charge in [0.1, 0.15) is 5.75 Å². The Bertz CT molecular complexity index is 622. The normalized spacial score (nSPS) is 10.3. The highest BCUT2D eigenvalue weighted by molar-refractivity contribution is 5.92. The van der Waals surface area contributed by atoms with E-state index in [0.29, 0.717) is 13.0 Å². The zero-order chi connectivity index (χ0) is 15.8. The molecule has 0 spiro atoms. The number of carbonyl (C=O) groups excluding carboxylic acids is 1. The largest absolute Gasteiger partial charge is 0.491 e. The third-order valence-corrected chi connectivity index (χ3v) is 3.35. The van der Waals surface area contributed by atoms with Crippen LogP contribution in [0, 0.1) is 6.92 Å². The number of rotatable bonds is 7. The average Bonchev–Trinajstić information content (AvgIpc) is 2.52. The van der Waals surface area contributed by atoms with E-state index in [1.165, 1.54) is 11.1 Å². The number of carbonyl (C=O) groups is 1. The van der Waals surface area contributed by atoms with Gasteiger partial charge in [0.15, 0.2) is 0 Å². The van der Waals surface area contributed by atoms with Crippen LogP contribution in [0.15, 0.2) is 48.5 Å². The molecule has 0 unspecified atom stereocenters. The molecular weight excluding hydrogens is 274 g/mol. The first-order valence-electron chi connectivity index (χ1n) is 7.76. The first-order valence-corrected chi connectivity index (χ1v) is 7.76. The molecule has 0 radical (unpaired) electrons. The molecule has 0 aliphatic carbocycles. The minimum atomic E-state index is 0.00838. The Hall–Kier alpha value is -2.29. The molecule has 116 valence electrons. The first kappa shape index (κ1) is 16.1. The quantitative estimate of drug-likeness (QED) is 0.825. The maximum absolute atomic E-state index is 12.1. The van der Waals surface area contributed by atoms with Crippen LogP contribution in [-0.4, -0.2) is 12.5 Å². The Morgan fingerprint density at radius 1 is 1.14 bits per heavy atom. The lowest BCUT2D eigenvalue weighted by Crippen LogP contribution is -2.13. The summed E-state index contributed by atoms with van der Waals surface area (Å²) in [5.74, 6) is 0.738. The monoisotopic (exact) mass is 297 g/mol. The van der Waals surface area contributed by atoms with Crippen molar-refractivity contribution < 1.29 is 9.53 Å². The van der Waals surface area contributed by atoms with Crippen molar-refractivity contribution in [2.45, 2.75) is 33.1 Å². The zero-order valence-corrected chi connectivity index (χ0v) is 13.3. The number of hydrogen-bond acceptors (Lipinski definition) is 2. The van der Waals surface area contributed by atoms with Crippen molar-refractivity contribution in [3.05, 3.63) is 59.7 Å². The van der Waals surface area contributed by atoms with Gasteiger partial charge in [-0.25, -0.2) is 0 Å². The minimum Gasteiger partial charge on any atom is -0.491 e. The van der Waals surface area contributed by atoms with Crippen molar-refractivity contribution in [2.24, 2.45) is 0 Å². The molecule has 2 aromatic carbocycles. The second-order valence-electron chi connectivity index (χ2n) is 5.38. The van der Waals surface area contributed by atoms with Crippen LogP contribution in [-0.2, 0) is 11.2 Å². The van der Waals surface area contributed by atoms with Crippen LogP contribution in [0.3, 0.4) is 0 Å². The SMILES string of the molecule is CCCOc1ccccc1NC(=O)CCc1cccc(C)c1. The van der Waals surface area contributed by atoms with Crippen LogP contribution < -0.4 is 10.1 Å². The molecule has 1 amide bonds.